The Morgan fingerprint density at radius 1 is 1.27 bits per heavy atom. The van der Waals surface area contributed by atoms with E-state index >= 15 is 0 Å². The number of esters is 1. The van der Waals surface area contributed by atoms with Crippen molar-refractivity contribution in [2.75, 3.05) is 37.8 Å². The Balaban J connectivity index is 1.60. The summed E-state index contributed by atoms with van der Waals surface area (Å²) in [5.74, 6) is -0.202. The summed E-state index contributed by atoms with van der Waals surface area (Å²) in [6.45, 7) is 5.97. The summed E-state index contributed by atoms with van der Waals surface area (Å²) < 4.78 is 10.4. The molecule has 2 aliphatic rings. The van der Waals surface area contributed by atoms with Crippen LogP contribution in [0.15, 0.2) is 18.2 Å². The molecule has 3 atom stereocenters. The number of carbonyl (C=O) groups excluding carboxylic acids is 2. The van der Waals surface area contributed by atoms with Gasteiger partial charge in [-0.3, -0.25) is 14.9 Å². The summed E-state index contributed by atoms with van der Waals surface area (Å²) in [5, 5.41) is 14.5. The zero-order valence-corrected chi connectivity index (χ0v) is 17.5. The molecule has 0 spiro atoms. The van der Waals surface area contributed by atoms with Crippen LogP contribution in [-0.4, -0.2) is 55.8 Å². The van der Waals surface area contributed by atoms with Crippen LogP contribution in [-0.2, 0) is 14.3 Å². The zero-order chi connectivity index (χ0) is 21.7. The molecule has 1 aliphatic heterocycles. The molecule has 1 amide bonds. The Bertz CT molecular complexity index is 793. The summed E-state index contributed by atoms with van der Waals surface area (Å²) in [6, 6.07) is 4.32. The van der Waals surface area contributed by atoms with Crippen LogP contribution in [0.1, 0.15) is 43.5 Å². The molecule has 164 valence electrons. The average molecular weight is 419 g/mol. The summed E-state index contributed by atoms with van der Waals surface area (Å²) in [5.41, 5.74) is 0.324. The third-order valence-electron chi connectivity index (χ3n) is 6.15. The normalized spacial score (nSPS) is 24.2. The number of benzene rings is 1. The zero-order valence-electron chi connectivity index (χ0n) is 17.5. The van der Waals surface area contributed by atoms with Gasteiger partial charge in [0, 0.05) is 25.2 Å². The third-order valence-corrected chi connectivity index (χ3v) is 6.15. The maximum Gasteiger partial charge on any atom is 0.338 e. The molecule has 1 N–H and O–H groups in total. The lowest BCUT2D eigenvalue weighted by Gasteiger charge is -2.34. The predicted octanol–water partition coefficient (Wildman–Crippen LogP) is 2.53. The lowest BCUT2D eigenvalue weighted by atomic mass is 9.78. The molecule has 30 heavy (non-hydrogen) atoms. The van der Waals surface area contributed by atoms with Crippen molar-refractivity contribution in [3.8, 4) is 0 Å². The van der Waals surface area contributed by atoms with Crippen molar-refractivity contribution in [2.45, 2.75) is 39.2 Å². The minimum absolute atomic E-state index is 0.0474. The van der Waals surface area contributed by atoms with E-state index in [0.29, 0.717) is 43.8 Å². The monoisotopic (exact) mass is 419 g/mol. The number of nitro benzene ring substituents is 1. The van der Waals surface area contributed by atoms with Crippen LogP contribution in [0, 0.1) is 22.0 Å². The molecule has 1 saturated carbocycles. The molecule has 9 nitrogen and oxygen atoms in total. The highest BCUT2D eigenvalue weighted by Crippen LogP contribution is 2.31. The van der Waals surface area contributed by atoms with Gasteiger partial charge in [0.25, 0.3) is 11.6 Å². The summed E-state index contributed by atoms with van der Waals surface area (Å²) in [6.07, 6.45) is 3.14. The summed E-state index contributed by atoms with van der Waals surface area (Å²) >= 11 is 0. The SMILES string of the molecule is C[C@H]1[C@H](C)CCC[C@H]1NC(=O)COC(=O)c1ccc(N2CCOCC2)c([N+](=O)[O-])c1. The fourth-order valence-corrected chi connectivity index (χ4v) is 4.12. The lowest BCUT2D eigenvalue weighted by molar-refractivity contribution is -0.384. The molecule has 9 heteroatoms. The van der Waals surface area contributed by atoms with Gasteiger partial charge in [-0.15, -0.1) is 0 Å². The Hall–Kier alpha value is -2.68. The molecule has 0 bridgehead atoms. The summed E-state index contributed by atoms with van der Waals surface area (Å²) in [7, 11) is 0. The van der Waals surface area contributed by atoms with Crippen LogP contribution in [0.4, 0.5) is 11.4 Å². The number of carbonyl (C=O) groups is 2. The van der Waals surface area contributed by atoms with E-state index in [9.17, 15) is 19.7 Å². The third kappa shape index (κ3) is 5.27. The number of ether oxygens (including phenoxy) is 2. The topological polar surface area (TPSA) is 111 Å². The number of nitro groups is 1. The van der Waals surface area contributed by atoms with Gasteiger partial charge in [0.1, 0.15) is 5.69 Å². The number of morpholine rings is 1. The number of anilines is 1. The molecular formula is C21H29N3O6. The number of amides is 1. The molecule has 0 radical (unpaired) electrons. The molecule has 1 aromatic carbocycles. The molecular weight excluding hydrogens is 390 g/mol. The van der Waals surface area contributed by atoms with Gasteiger partial charge in [-0.2, -0.15) is 0 Å². The average Bonchev–Trinajstić information content (AvgIpc) is 2.75. The standard InChI is InChI=1S/C21H29N3O6/c1-14-4-3-5-17(15(14)2)22-20(25)13-30-21(26)16-6-7-18(19(12-16)24(27)28)23-8-10-29-11-9-23/h6-7,12,14-15,17H,3-5,8-11,13H2,1-2H3,(H,22,25)/t14-,15+,17-/m1/s1. The van der Waals surface area contributed by atoms with Crippen molar-refractivity contribution in [1.29, 1.82) is 0 Å². The molecule has 1 saturated heterocycles. The van der Waals surface area contributed by atoms with Crippen LogP contribution in [0.2, 0.25) is 0 Å². The molecule has 1 aliphatic carbocycles. The second-order valence-corrected chi connectivity index (χ2v) is 8.08. The smallest absolute Gasteiger partial charge is 0.338 e. The number of hydrogen-bond acceptors (Lipinski definition) is 7. The van der Waals surface area contributed by atoms with E-state index in [1.807, 2.05) is 4.90 Å². The van der Waals surface area contributed by atoms with E-state index in [4.69, 9.17) is 9.47 Å². The van der Waals surface area contributed by atoms with Crippen molar-refractivity contribution in [1.82, 2.24) is 5.32 Å². The van der Waals surface area contributed by atoms with Crippen LogP contribution >= 0.6 is 0 Å². The van der Waals surface area contributed by atoms with E-state index in [1.54, 1.807) is 6.07 Å². The van der Waals surface area contributed by atoms with Gasteiger partial charge in [0.2, 0.25) is 0 Å². The largest absolute Gasteiger partial charge is 0.452 e. The highest BCUT2D eigenvalue weighted by atomic mass is 16.6. The second kappa shape index (κ2) is 9.88. The number of nitrogens with one attached hydrogen (secondary N) is 1. The van der Waals surface area contributed by atoms with E-state index in [2.05, 4.69) is 19.2 Å². The van der Waals surface area contributed by atoms with Crippen molar-refractivity contribution in [2.24, 2.45) is 11.8 Å². The molecule has 3 rings (SSSR count). The molecule has 1 aromatic rings. The molecule has 0 unspecified atom stereocenters. The first-order valence-corrected chi connectivity index (χ1v) is 10.4. The summed E-state index contributed by atoms with van der Waals surface area (Å²) in [4.78, 5) is 37.4. The van der Waals surface area contributed by atoms with Gasteiger partial charge in [-0.25, -0.2) is 4.79 Å². The minimum atomic E-state index is -0.758. The van der Waals surface area contributed by atoms with Crippen molar-refractivity contribution in [3.05, 3.63) is 33.9 Å². The van der Waals surface area contributed by atoms with Crippen LogP contribution in [0.25, 0.3) is 0 Å². The second-order valence-electron chi connectivity index (χ2n) is 8.08. The van der Waals surface area contributed by atoms with Crippen LogP contribution in [0.5, 0.6) is 0 Å². The highest BCUT2D eigenvalue weighted by molar-refractivity contribution is 5.93. The van der Waals surface area contributed by atoms with Gasteiger partial charge in [0.05, 0.1) is 23.7 Å². The first-order valence-electron chi connectivity index (χ1n) is 10.4. The molecule has 0 aromatic heterocycles. The Morgan fingerprint density at radius 3 is 2.70 bits per heavy atom. The van der Waals surface area contributed by atoms with Crippen molar-refractivity contribution in [3.63, 3.8) is 0 Å². The first kappa shape index (κ1) is 22.0. The minimum Gasteiger partial charge on any atom is -0.452 e. The Labute approximate surface area is 175 Å². The Morgan fingerprint density at radius 2 is 2.00 bits per heavy atom. The molecule has 2 fully saturated rings. The van der Waals surface area contributed by atoms with E-state index in [0.717, 1.165) is 19.3 Å². The van der Waals surface area contributed by atoms with Crippen molar-refractivity contribution >= 4 is 23.3 Å². The number of rotatable bonds is 6. The number of nitrogens with zero attached hydrogens (tertiary/aromatic N) is 2. The van der Waals surface area contributed by atoms with Gasteiger partial charge >= 0.3 is 5.97 Å². The Kier molecular flexibility index (Phi) is 7.25. The maximum atomic E-state index is 12.4. The highest BCUT2D eigenvalue weighted by Gasteiger charge is 2.28. The fraction of sp³-hybridized carbons (Fsp3) is 0.619. The first-order chi connectivity index (χ1) is 14.4. The van der Waals surface area contributed by atoms with E-state index < -0.39 is 17.5 Å². The van der Waals surface area contributed by atoms with E-state index in [-0.39, 0.29) is 23.2 Å². The molecule has 1 heterocycles. The predicted molar refractivity (Wildman–Crippen MR) is 111 cm³/mol. The van der Waals surface area contributed by atoms with Gasteiger partial charge in [-0.1, -0.05) is 26.7 Å². The maximum absolute atomic E-state index is 12.4. The lowest BCUT2D eigenvalue weighted by Crippen LogP contribution is -2.45. The van der Waals surface area contributed by atoms with Crippen LogP contribution < -0.4 is 10.2 Å². The quantitative estimate of drug-likeness (QED) is 0.428. The van der Waals surface area contributed by atoms with Gasteiger partial charge in [-0.05, 0) is 30.4 Å². The van der Waals surface area contributed by atoms with E-state index in [1.165, 1.54) is 12.1 Å². The van der Waals surface area contributed by atoms with Gasteiger partial charge in [0.15, 0.2) is 6.61 Å². The van der Waals surface area contributed by atoms with Crippen molar-refractivity contribution < 1.29 is 24.0 Å². The van der Waals surface area contributed by atoms with Crippen LogP contribution in [0.3, 0.4) is 0 Å². The number of hydrogen-bond donors (Lipinski definition) is 1. The van der Waals surface area contributed by atoms with Gasteiger partial charge < -0.3 is 19.7 Å². The fourth-order valence-electron chi connectivity index (χ4n) is 4.12.